The van der Waals surface area contributed by atoms with Crippen molar-refractivity contribution in [1.82, 2.24) is 9.55 Å². The van der Waals surface area contributed by atoms with Gasteiger partial charge < -0.3 is 4.57 Å². The Morgan fingerprint density at radius 1 is 1.38 bits per heavy atom. The van der Waals surface area contributed by atoms with Crippen molar-refractivity contribution in [3.8, 4) is 0 Å². The molecule has 1 heterocycles. The first kappa shape index (κ1) is 17.2. The van der Waals surface area contributed by atoms with Crippen LogP contribution in [0.1, 0.15) is 58.3 Å². The van der Waals surface area contributed by atoms with Gasteiger partial charge in [-0.3, -0.25) is 4.79 Å². The third-order valence-electron chi connectivity index (χ3n) is 4.94. The molecule has 0 saturated carbocycles. The van der Waals surface area contributed by atoms with Gasteiger partial charge in [0, 0.05) is 10.4 Å². The van der Waals surface area contributed by atoms with E-state index in [4.69, 9.17) is 0 Å². The van der Waals surface area contributed by atoms with Crippen molar-refractivity contribution in [2.75, 3.05) is 0 Å². The molecular formula is C20H23BrN2O. The molecule has 3 nitrogen and oxygen atoms in total. The van der Waals surface area contributed by atoms with E-state index < -0.39 is 0 Å². The summed E-state index contributed by atoms with van der Waals surface area (Å²) in [4.78, 5) is 17.1. The quantitative estimate of drug-likeness (QED) is 0.696. The summed E-state index contributed by atoms with van der Waals surface area (Å²) in [5.41, 5.74) is 3.43. The van der Waals surface area contributed by atoms with Gasteiger partial charge in [-0.15, -0.1) is 0 Å². The van der Waals surface area contributed by atoms with Crippen LogP contribution in [0.2, 0.25) is 0 Å². The van der Waals surface area contributed by atoms with E-state index in [9.17, 15) is 4.79 Å². The van der Waals surface area contributed by atoms with Crippen molar-refractivity contribution in [3.05, 3.63) is 62.1 Å². The maximum absolute atomic E-state index is 12.6. The average molecular weight is 387 g/mol. The van der Waals surface area contributed by atoms with E-state index >= 15 is 0 Å². The molecule has 2 atom stereocenters. The Labute approximate surface area is 151 Å². The molecule has 0 saturated heterocycles. The summed E-state index contributed by atoms with van der Waals surface area (Å²) >= 11 is 3.53. The van der Waals surface area contributed by atoms with Crippen molar-refractivity contribution in [3.63, 3.8) is 0 Å². The second kappa shape index (κ2) is 6.67. The van der Waals surface area contributed by atoms with Gasteiger partial charge in [-0.05, 0) is 54.8 Å². The van der Waals surface area contributed by atoms with Crippen LogP contribution in [0.4, 0.5) is 0 Å². The molecule has 4 heteroatoms. The monoisotopic (exact) mass is 386 g/mol. The molecule has 0 amide bonds. The number of hydrogen-bond acceptors (Lipinski definition) is 2. The average Bonchev–Trinajstić information content (AvgIpc) is 2.55. The van der Waals surface area contributed by atoms with Gasteiger partial charge in [0.25, 0.3) is 5.56 Å². The smallest absolute Gasteiger partial charge is 0.281 e. The summed E-state index contributed by atoms with van der Waals surface area (Å²) in [6.45, 7) is 8.59. The fraction of sp³-hybridized carbons (Fsp3) is 0.400. The van der Waals surface area contributed by atoms with Gasteiger partial charge in [0.15, 0.2) is 0 Å². The first-order valence-electron chi connectivity index (χ1n) is 8.49. The van der Waals surface area contributed by atoms with Gasteiger partial charge in [-0.25, -0.2) is 0 Å². The molecule has 24 heavy (non-hydrogen) atoms. The fourth-order valence-electron chi connectivity index (χ4n) is 3.43. The molecule has 1 aromatic heterocycles. The summed E-state index contributed by atoms with van der Waals surface area (Å²) in [6.07, 6.45) is 6.39. The van der Waals surface area contributed by atoms with Crippen molar-refractivity contribution in [2.45, 2.75) is 52.5 Å². The molecule has 1 aliphatic carbocycles. The van der Waals surface area contributed by atoms with Gasteiger partial charge in [0.05, 0.1) is 16.9 Å². The minimum absolute atomic E-state index is 0.145. The van der Waals surface area contributed by atoms with Gasteiger partial charge >= 0.3 is 0 Å². The number of hydrogen-bond donors (Lipinski definition) is 0. The van der Waals surface area contributed by atoms with Crippen molar-refractivity contribution < 1.29 is 0 Å². The molecular weight excluding hydrogens is 364 g/mol. The predicted molar refractivity (Wildman–Crippen MR) is 104 cm³/mol. The first-order chi connectivity index (χ1) is 11.4. The minimum atomic E-state index is -0.145. The van der Waals surface area contributed by atoms with Gasteiger partial charge in [0.2, 0.25) is 0 Å². The summed E-state index contributed by atoms with van der Waals surface area (Å²) in [5.74, 6) is 1.12. The van der Waals surface area contributed by atoms with Crippen molar-refractivity contribution >= 4 is 26.8 Å². The van der Waals surface area contributed by atoms with Crippen LogP contribution >= 0.6 is 15.9 Å². The number of benzene rings is 1. The zero-order valence-corrected chi connectivity index (χ0v) is 16.2. The lowest BCUT2D eigenvalue weighted by atomic mass is 9.94. The Kier molecular flexibility index (Phi) is 4.77. The minimum Gasteiger partial charge on any atom is -0.321 e. The van der Waals surface area contributed by atoms with Gasteiger partial charge in [-0.2, -0.15) is 4.98 Å². The number of fused-ring (bicyclic) bond motifs is 1. The van der Waals surface area contributed by atoms with Crippen LogP contribution in [0.25, 0.3) is 10.9 Å². The second-order valence-corrected chi connectivity index (χ2v) is 7.53. The lowest BCUT2D eigenvalue weighted by molar-refractivity contribution is 0.516. The zero-order valence-electron chi connectivity index (χ0n) is 14.6. The summed E-state index contributed by atoms with van der Waals surface area (Å²) in [6, 6.07) is 6.15. The van der Waals surface area contributed by atoms with E-state index in [0.29, 0.717) is 5.39 Å². The van der Waals surface area contributed by atoms with E-state index in [1.807, 2.05) is 18.2 Å². The molecule has 2 unspecified atom stereocenters. The number of halogens is 1. The molecule has 3 rings (SSSR count). The lowest BCUT2D eigenvalue weighted by Gasteiger charge is -2.29. The lowest BCUT2D eigenvalue weighted by Crippen LogP contribution is -2.25. The van der Waals surface area contributed by atoms with Crippen LogP contribution in [0.3, 0.4) is 0 Å². The number of aromatic nitrogens is 2. The summed E-state index contributed by atoms with van der Waals surface area (Å²) < 4.78 is 3.09. The molecule has 0 spiro atoms. The molecule has 126 valence electrons. The predicted octanol–water partition coefficient (Wildman–Crippen LogP) is 5.51. The molecule has 0 radical (unpaired) electrons. The molecule has 0 N–H and O–H groups in total. The van der Waals surface area contributed by atoms with Crippen LogP contribution in [0.5, 0.6) is 0 Å². The van der Waals surface area contributed by atoms with Crippen LogP contribution in [0, 0.1) is 0 Å². The highest BCUT2D eigenvalue weighted by Gasteiger charge is 2.24. The normalized spacial score (nSPS) is 19.1. The molecule has 0 fully saturated rings. The standard InChI is InChI=1S/C20H23BrN2O/c1-5-13(3)19-22-20(24)18-15(21)7-6-8-17(18)23(19)16-10-9-12(2)11-14(16)4/h6-9,11,13,16H,5,10H2,1-4H3. The Hall–Kier alpha value is -1.68. The highest BCUT2D eigenvalue weighted by Crippen LogP contribution is 2.34. The Bertz CT molecular complexity index is 908. The second-order valence-electron chi connectivity index (χ2n) is 6.68. The maximum Gasteiger partial charge on any atom is 0.281 e. The largest absolute Gasteiger partial charge is 0.321 e. The van der Waals surface area contributed by atoms with E-state index in [-0.39, 0.29) is 17.5 Å². The van der Waals surface area contributed by atoms with Crippen LogP contribution < -0.4 is 5.56 Å². The van der Waals surface area contributed by atoms with Crippen LogP contribution in [0.15, 0.2) is 50.8 Å². The summed E-state index contributed by atoms with van der Waals surface area (Å²) in [7, 11) is 0. The zero-order chi connectivity index (χ0) is 17.4. The Balaban J connectivity index is 2.36. The third kappa shape index (κ3) is 2.88. The van der Waals surface area contributed by atoms with E-state index in [1.54, 1.807) is 0 Å². The van der Waals surface area contributed by atoms with E-state index in [1.165, 1.54) is 11.1 Å². The molecule has 2 aromatic rings. The van der Waals surface area contributed by atoms with Gasteiger partial charge in [-0.1, -0.05) is 43.2 Å². The SMILES string of the molecule is CCC(C)c1nc(=O)c2c(Br)cccc2n1C1CC=C(C)C=C1C. The van der Waals surface area contributed by atoms with Crippen LogP contribution in [-0.2, 0) is 0 Å². The van der Waals surface area contributed by atoms with Crippen LogP contribution in [-0.4, -0.2) is 9.55 Å². The van der Waals surface area contributed by atoms with Gasteiger partial charge in [0.1, 0.15) is 5.82 Å². The third-order valence-corrected chi connectivity index (χ3v) is 5.60. The Morgan fingerprint density at radius 3 is 2.79 bits per heavy atom. The van der Waals surface area contributed by atoms with E-state index in [0.717, 1.165) is 28.7 Å². The van der Waals surface area contributed by atoms with E-state index in [2.05, 4.69) is 65.3 Å². The maximum atomic E-state index is 12.6. The van der Waals surface area contributed by atoms with Crippen molar-refractivity contribution in [1.29, 1.82) is 0 Å². The summed E-state index contributed by atoms with van der Waals surface area (Å²) in [5, 5.41) is 0.670. The molecule has 1 aromatic carbocycles. The Morgan fingerprint density at radius 2 is 2.12 bits per heavy atom. The molecule has 0 aliphatic heterocycles. The molecule has 1 aliphatic rings. The molecule has 0 bridgehead atoms. The number of rotatable bonds is 3. The fourth-order valence-corrected chi connectivity index (χ4v) is 3.95. The van der Waals surface area contributed by atoms with Crippen molar-refractivity contribution in [2.24, 2.45) is 0 Å². The highest BCUT2D eigenvalue weighted by atomic mass is 79.9. The topological polar surface area (TPSA) is 34.9 Å². The number of allylic oxidation sites excluding steroid dienone is 4. The first-order valence-corrected chi connectivity index (χ1v) is 9.29. The highest BCUT2D eigenvalue weighted by molar-refractivity contribution is 9.10. The number of nitrogens with zero attached hydrogens (tertiary/aromatic N) is 2.